The van der Waals surface area contributed by atoms with Crippen LogP contribution in [0.2, 0.25) is 0 Å². The maximum Gasteiger partial charge on any atom is 0.400 e. The van der Waals surface area contributed by atoms with Crippen LogP contribution in [-0.4, -0.2) is 69.1 Å². The van der Waals surface area contributed by atoms with Crippen LogP contribution in [0.3, 0.4) is 0 Å². The largest absolute Gasteiger partial charge is 0.468 e. The van der Waals surface area contributed by atoms with Crippen molar-refractivity contribution in [3.63, 3.8) is 0 Å². The summed E-state index contributed by atoms with van der Waals surface area (Å²) in [5.41, 5.74) is 10.3. The molecule has 9 nitrogen and oxygen atoms in total. The van der Waals surface area contributed by atoms with Gasteiger partial charge in [0.2, 0.25) is 11.6 Å². The second-order valence-electron chi connectivity index (χ2n) is 13.6. The van der Waals surface area contributed by atoms with E-state index in [-0.39, 0.29) is 18.7 Å². The third-order valence-electron chi connectivity index (χ3n) is 10.3. The number of hydrogen-bond acceptors (Lipinski definition) is 3. The van der Waals surface area contributed by atoms with Crippen LogP contribution in [0.1, 0.15) is 73.2 Å². The van der Waals surface area contributed by atoms with Gasteiger partial charge in [-0.2, -0.15) is 4.58 Å². The number of nitrogens with zero attached hydrogens (tertiary/aromatic N) is 4. The summed E-state index contributed by atoms with van der Waals surface area (Å²) in [5, 5.41) is 8.44. The Kier molecular flexibility index (Phi) is 9.95. The number of aromatic nitrogens is 1. The Bertz CT molecular complexity index is 1970. The molecule has 49 heavy (non-hydrogen) atoms. The van der Waals surface area contributed by atoms with Crippen LogP contribution >= 0.6 is 0 Å². The molecule has 2 unspecified atom stereocenters. The lowest BCUT2D eigenvalue weighted by molar-refractivity contribution is -0.434. The molecule has 2 aromatic rings. The van der Waals surface area contributed by atoms with E-state index in [4.69, 9.17) is 5.14 Å². The molecule has 0 spiro atoms. The molecule has 6 rings (SSSR count). The van der Waals surface area contributed by atoms with E-state index in [2.05, 4.69) is 15.7 Å². The number of rotatable bonds is 9. The monoisotopic (exact) mass is 690 g/mol. The number of likely N-dealkylation sites (N-methyl/N-ethyl adjacent to an activating group) is 2. The third-order valence-corrected chi connectivity index (χ3v) is 12.0. The molecule has 13 heteroatoms. The summed E-state index contributed by atoms with van der Waals surface area (Å²) in [4.78, 5) is 27.6. The van der Waals surface area contributed by atoms with E-state index in [1.165, 1.54) is 11.1 Å². The van der Waals surface area contributed by atoms with Crippen molar-refractivity contribution in [1.82, 2.24) is 9.38 Å². The van der Waals surface area contributed by atoms with E-state index in [1.807, 2.05) is 37.6 Å². The highest BCUT2D eigenvalue weighted by atomic mass is 32.2. The van der Waals surface area contributed by atoms with Gasteiger partial charge in [0.15, 0.2) is 5.71 Å². The van der Waals surface area contributed by atoms with Crippen LogP contribution in [0.25, 0.3) is 6.08 Å². The Morgan fingerprint density at radius 3 is 2.45 bits per heavy atom. The number of anilines is 1. The number of aryl methyl sites for hydroxylation is 3. The summed E-state index contributed by atoms with van der Waals surface area (Å²) in [6.45, 7) is 4.22. The van der Waals surface area contributed by atoms with Crippen molar-refractivity contribution < 1.29 is 27.0 Å². The van der Waals surface area contributed by atoms with Gasteiger partial charge in [-0.15, -0.1) is 4.36 Å². The number of hydrogen-bond donors (Lipinski definition) is 2. The number of allylic oxidation sites excluding steroid dienone is 3. The lowest BCUT2D eigenvalue weighted by atomic mass is 9.99. The number of benzene rings is 1. The molecule has 1 aliphatic heterocycles. The van der Waals surface area contributed by atoms with Gasteiger partial charge in [0, 0.05) is 56.0 Å². The number of amides is 3. The topological polar surface area (TPSA) is 113 Å². The Morgan fingerprint density at radius 1 is 1.16 bits per heavy atom. The van der Waals surface area contributed by atoms with Crippen molar-refractivity contribution in [2.45, 2.75) is 76.9 Å². The fourth-order valence-corrected chi connectivity index (χ4v) is 8.66. The van der Waals surface area contributed by atoms with Crippen molar-refractivity contribution in [1.29, 1.82) is 0 Å². The van der Waals surface area contributed by atoms with Crippen molar-refractivity contribution in [2.75, 3.05) is 26.0 Å². The molecule has 4 aliphatic rings. The molecule has 3 N–H and O–H groups in total. The van der Waals surface area contributed by atoms with E-state index in [9.17, 15) is 22.4 Å². The highest BCUT2D eigenvalue weighted by Gasteiger charge is 2.27. The molecule has 0 bridgehead atoms. The number of nitrogens with two attached hydrogens (primary N) is 1. The summed E-state index contributed by atoms with van der Waals surface area (Å²) in [7, 11) is -3.44. The van der Waals surface area contributed by atoms with Crippen LogP contribution in [0.5, 0.6) is 0 Å². The maximum atomic E-state index is 14.3. The number of nitrogens with one attached hydrogen (secondary N) is 1. The van der Waals surface area contributed by atoms with Crippen molar-refractivity contribution in [2.24, 2.45) is 9.50 Å². The fraction of sp³-hybridized carbons (Fsp3) is 0.417. The first-order chi connectivity index (χ1) is 23.3. The predicted molar refractivity (Wildman–Crippen MR) is 194 cm³/mol. The van der Waals surface area contributed by atoms with Gasteiger partial charge in [-0.1, -0.05) is 24.3 Å². The van der Waals surface area contributed by atoms with Gasteiger partial charge in [0.1, 0.15) is 17.0 Å². The summed E-state index contributed by atoms with van der Waals surface area (Å²) >= 11 is 0. The summed E-state index contributed by atoms with van der Waals surface area (Å²) in [6.07, 6.45) is 15.6. The van der Waals surface area contributed by atoms with Gasteiger partial charge in [-0.05, 0) is 104 Å². The van der Waals surface area contributed by atoms with E-state index >= 15 is 0 Å². The van der Waals surface area contributed by atoms with Crippen LogP contribution in [0.15, 0.2) is 63.7 Å². The Labute approximate surface area is 287 Å². The average Bonchev–Trinajstić information content (AvgIpc) is 3.85. The van der Waals surface area contributed by atoms with Gasteiger partial charge in [0.25, 0.3) is 0 Å². The fourth-order valence-electron chi connectivity index (χ4n) is 7.55. The molecule has 0 saturated carbocycles. The predicted octanol–water partition coefficient (Wildman–Crippen LogP) is 5.59. The smallest absolute Gasteiger partial charge is 0.400 e. The van der Waals surface area contributed by atoms with E-state index in [0.717, 1.165) is 82.4 Å². The second kappa shape index (κ2) is 14.0. The van der Waals surface area contributed by atoms with Crippen LogP contribution in [0.4, 0.5) is 19.1 Å². The van der Waals surface area contributed by atoms with E-state index in [0.29, 0.717) is 24.4 Å². The molecule has 3 aliphatic carbocycles. The Hall–Kier alpha value is -4.10. The van der Waals surface area contributed by atoms with Gasteiger partial charge in [-0.25, -0.2) is 14.1 Å². The molecule has 3 amide bonds. The molecular weight excluding hydrogens is 645 g/mol. The molecule has 0 fully saturated rings. The number of urea groups is 1. The summed E-state index contributed by atoms with van der Waals surface area (Å²) in [6, 6.07) is 4.94. The second-order valence-corrected chi connectivity index (χ2v) is 15.6. The van der Waals surface area contributed by atoms with Crippen molar-refractivity contribution in [3.05, 3.63) is 93.0 Å². The molecule has 2 heterocycles. The number of fused-ring (bicyclic) bond motifs is 2. The highest BCUT2D eigenvalue weighted by molar-refractivity contribution is 7.92. The number of carbonyl (C=O) groups excluding carboxylic acids is 2. The minimum atomic E-state index is -3.64. The molecule has 1 aromatic carbocycles. The SMILES string of the molecule is CC1=CC(C)=[N+](C)/C1=C\c1ccc(CCC(=O)N(C)CC2=CCC(S(N)(=O)=NC(=O)Nc3c4c(cc5c3CCC5)CCC4)C=C2)n1[BH-](F)F. The van der Waals surface area contributed by atoms with E-state index < -0.39 is 28.6 Å². The zero-order chi connectivity index (χ0) is 35.0. The van der Waals surface area contributed by atoms with Crippen LogP contribution in [-0.2, 0) is 46.8 Å². The first kappa shape index (κ1) is 34.8. The zero-order valence-corrected chi connectivity index (χ0v) is 29.5. The number of carbonyl (C=O) groups is 2. The van der Waals surface area contributed by atoms with Crippen LogP contribution in [0, 0.1) is 0 Å². The average molecular weight is 691 g/mol. The van der Waals surface area contributed by atoms with Gasteiger partial charge in [0.05, 0.1) is 5.25 Å². The lowest BCUT2D eigenvalue weighted by Crippen LogP contribution is -2.32. The van der Waals surface area contributed by atoms with Gasteiger partial charge >= 0.3 is 13.4 Å². The molecular formula is C36H45BF2N6O3S. The standard InChI is InChI=1S/C36H45BF2N6O3S/c1-23-19-24(2)44(4)33(23)21-29-14-13-28(45(29)37(38)39)15-18-34(46)43(3)22-25-11-16-30(17-12-25)49(40,48)42-36(47)41-35-31-9-5-7-26(31)20-27-8-6-10-32(27)35/h11-14,16,19-21,30,37H,5-10,15,17-18,22H2,1-4H3,(H3,40,41,42,47,48). The molecule has 0 radical (unpaired) electrons. The first-order valence-electron chi connectivity index (χ1n) is 17.1. The minimum Gasteiger partial charge on any atom is -0.468 e. The van der Waals surface area contributed by atoms with E-state index in [1.54, 1.807) is 42.3 Å². The molecule has 0 saturated heterocycles. The zero-order valence-electron chi connectivity index (χ0n) is 28.7. The Morgan fingerprint density at radius 2 is 1.86 bits per heavy atom. The maximum absolute atomic E-state index is 14.3. The summed E-state index contributed by atoms with van der Waals surface area (Å²) < 4.78 is 48.9. The first-order valence-corrected chi connectivity index (χ1v) is 18.7. The third kappa shape index (κ3) is 7.28. The summed E-state index contributed by atoms with van der Waals surface area (Å²) in [5.74, 6) is -0.180. The minimum absolute atomic E-state index is 0.0759. The van der Waals surface area contributed by atoms with Crippen LogP contribution < -0.4 is 10.5 Å². The lowest BCUT2D eigenvalue weighted by Gasteiger charge is -2.22. The molecule has 2 atom stereocenters. The highest BCUT2D eigenvalue weighted by Crippen LogP contribution is 2.38. The van der Waals surface area contributed by atoms with Gasteiger partial charge in [-0.3, -0.25) is 4.79 Å². The quantitative estimate of drug-likeness (QED) is 0.264. The number of halogens is 2. The Balaban J connectivity index is 1.05. The molecule has 1 aromatic heterocycles. The van der Waals surface area contributed by atoms with Crippen molar-refractivity contribution >= 4 is 46.7 Å². The normalized spacial score (nSPS) is 20.3. The van der Waals surface area contributed by atoms with Gasteiger partial charge < -0.3 is 23.3 Å². The molecule has 260 valence electrons. The van der Waals surface area contributed by atoms with Crippen molar-refractivity contribution in [3.8, 4) is 0 Å².